The van der Waals surface area contributed by atoms with Gasteiger partial charge in [-0.2, -0.15) is 0 Å². The SMILES string of the molecule is CCN1CCN(C[C@H](O)COc2cccc(CNCCN3CCCCC3=O)c2)CC1. The largest absolute Gasteiger partial charge is 0.491 e. The minimum absolute atomic E-state index is 0.282. The molecule has 0 spiro atoms. The molecule has 1 amide bonds. The Kier molecular flexibility index (Phi) is 9.39. The molecule has 7 nitrogen and oxygen atoms in total. The molecular weight excluding hydrogens is 380 g/mol. The van der Waals surface area contributed by atoms with E-state index in [9.17, 15) is 9.90 Å². The number of nitrogens with one attached hydrogen (secondary N) is 1. The zero-order valence-corrected chi connectivity index (χ0v) is 18.4. The van der Waals surface area contributed by atoms with Crippen LogP contribution in [0.2, 0.25) is 0 Å². The number of piperidine rings is 1. The molecule has 2 heterocycles. The number of aliphatic hydroxyl groups excluding tert-OH is 1. The number of piperazine rings is 1. The quantitative estimate of drug-likeness (QED) is 0.526. The Morgan fingerprint density at radius 1 is 1.13 bits per heavy atom. The van der Waals surface area contributed by atoms with Crippen molar-refractivity contribution >= 4 is 5.91 Å². The number of rotatable bonds is 11. The molecule has 2 aliphatic rings. The van der Waals surface area contributed by atoms with Gasteiger partial charge < -0.3 is 25.0 Å². The van der Waals surface area contributed by atoms with E-state index < -0.39 is 6.10 Å². The van der Waals surface area contributed by atoms with Crippen molar-refractivity contribution in [3.63, 3.8) is 0 Å². The minimum Gasteiger partial charge on any atom is -0.491 e. The monoisotopic (exact) mass is 418 g/mol. The van der Waals surface area contributed by atoms with E-state index in [2.05, 4.69) is 28.1 Å². The number of likely N-dealkylation sites (tertiary alicyclic amines) is 1. The van der Waals surface area contributed by atoms with E-state index in [0.29, 0.717) is 19.6 Å². The van der Waals surface area contributed by atoms with E-state index in [-0.39, 0.29) is 5.91 Å². The Morgan fingerprint density at radius 3 is 2.70 bits per heavy atom. The molecular formula is C23H38N4O3. The smallest absolute Gasteiger partial charge is 0.222 e. The molecule has 0 saturated carbocycles. The van der Waals surface area contributed by atoms with Crippen LogP contribution in [0.15, 0.2) is 24.3 Å². The molecule has 7 heteroatoms. The van der Waals surface area contributed by atoms with E-state index in [1.807, 2.05) is 23.1 Å². The van der Waals surface area contributed by atoms with Crippen LogP contribution >= 0.6 is 0 Å². The number of benzene rings is 1. The number of carbonyl (C=O) groups is 1. The Hall–Kier alpha value is -1.67. The molecule has 1 atom stereocenters. The molecule has 0 aliphatic carbocycles. The molecule has 2 N–H and O–H groups in total. The van der Waals surface area contributed by atoms with Gasteiger partial charge >= 0.3 is 0 Å². The summed E-state index contributed by atoms with van der Waals surface area (Å²) >= 11 is 0. The lowest BCUT2D eigenvalue weighted by molar-refractivity contribution is -0.133. The molecule has 3 rings (SSSR count). The van der Waals surface area contributed by atoms with Crippen LogP contribution in [0.3, 0.4) is 0 Å². The number of amides is 1. The Bertz CT molecular complexity index is 649. The number of nitrogens with zero attached hydrogens (tertiary/aromatic N) is 3. The normalized spacial score (nSPS) is 19.8. The second-order valence-corrected chi connectivity index (χ2v) is 8.36. The van der Waals surface area contributed by atoms with E-state index >= 15 is 0 Å². The number of aliphatic hydroxyl groups is 1. The van der Waals surface area contributed by atoms with Crippen molar-refractivity contribution < 1.29 is 14.6 Å². The number of ether oxygens (including phenoxy) is 1. The average molecular weight is 419 g/mol. The number of likely N-dealkylation sites (N-methyl/N-ethyl adjacent to an activating group) is 1. The summed E-state index contributed by atoms with van der Waals surface area (Å²) in [5, 5.41) is 13.8. The number of carbonyl (C=O) groups excluding carboxylic acids is 1. The first-order chi connectivity index (χ1) is 14.6. The topological polar surface area (TPSA) is 68.3 Å². The molecule has 2 fully saturated rings. The highest BCUT2D eigenvalue weighted by atomic mass is 16.5. The first-order valence-corrected chi connectivity index (χ1v) is 11.5. The van der Waals surface area contributed by atoms with E-state index in [4.69, 9.17) is 4.74 Å². The molecule has 1 aromatic carbocycles. The molecule has 2 saturated heterocycles. The maximum Gasteiger partial charge on any atom is 0.222 e. The lowest BCUT2D eigenvalue weighted by Crippen LogP contribution is -2.49. The van der Waals surface area contributed by atoms with Crippen LogP contribution in [0.5, 0.6) is 5.75 Å². The molecule has 2 aliphatic heterocycles. The van der Waals surface area contributed by atoms with Crippen LogP contribution in [0.25, 0.3) is 0 Å². The maximum absolute atomic E-state index is 11.8. The van der Waals surface area contributed by atoms with Crippen molar-refractivity contribution in [2.24, 2.45) is 0 Å². The van der Waals surface area contributed by atoms with Crippen LogP contribution in [-0.4, -0.2) is 97.3 Å². The zero-order valence-electron chi connectivity index (χ0n) is 18.4. The van der Waals surface area contributed by atoms with Crippen molar-refractivity contribution in [2.75, 3.05) is 65.5 Å². The number of β-amino-alcohol motifs (C(OH)–C–C–N with tert-alkyl or cyclic N) is 1. The molecule has 30 heavy (non-hydrogen) atoms. The molecule has 0 radical (unpaired) electrons. The highest BCUT2D eigenvalue weighted by Gasteiger charge is 2.19. The summed E-state index contributed by atoms with van der Waals surface area (Å²) < 4.78 is 5.84. The number of hydrogen-bond acceptors (Lipinski definition) is 6. The van der Waals surface area contributed by atoms with Gasteiger partial charge in [0.2, 0.25) is 5.91 Å². The molecule has 0 unspecified atom stereocenters. The van der Waals surface area contributed by atoms with Crippen molar-refractivity contribution in [1.29, 1.82) is 0 Å². The van der Waals surface area contributed by atoms with Gasteiger partial charge in [0.05, 0.1) is 0 Å². The van der Waals surface area contributed by atoms with Crippen LogP contribution in [0.4, 0.5) is 0 Å². The predicted molar refractivity (Wildman–Crippen MR) is 119 cm³/mol. The van der Waals surface area contributed by atoms with Gasteiger partial charge in [-0.3, -0.25) is 9.69 Å². The summed E-state index contributed by atoms with van der Waals surface area (Å²) in [6.45, 7) is 11.6. The standard InChI is InChI=1S/C23H38N4O3/c1-2-25-12-14-26(15-13-25)18-21(28)19-30-22-7-5-6-20(16-22)17-24-9-11-27-10-4-3-8-23(27)29/h5-7,16,21,24,28H,2-4,8-15,17-19H2,1H3/t21-/m0/s1. The van der Waals surface area contributed by atoms with Crippen molar-refractivity contribution in [2.45, 2.75) is 38.8 Å². The van der Waals surface area contributed by atoms with Gasteiger partial charge in [0.15, 0.2) is 0 Å². The Balaban J connectivity index is 1.33. The fraction of sp³-hybridized carbons (Fsp3) is 0.696. The van der Waals surface area contributed by atoms with Crippen LogP contribution in [-0.2, 0) is 11.3 Å². The molecule has 1 aromatic rings. The van der Waals surface area contributed by atoms with Crippen molar-refractivity contribution in [1.82, 2.24) is 20.0 Å². The minimum atomic E-state index is -0.484. The van der Waals surface area contributed by atoms with Gasteiger partial charge in [-0.05, 0) is 37.1 Å². The van der Waals surface area contributed by atoms with Gasteiger partial charge in [-0.25, -0.2) is 0 Å². The summed E-state index contributed by atoms with van der Waals surface area (Å²) in [5.74, 6) is 1.07. The average Bonchev–Trinajstić information content (AvgIpc) is 2.77. The zero-order chi connectivity index (χ0) is 21.2. The van der Waals surface area contributed by atoms with Crippen LogP contribution < -0.4 is 10.1 Å². The molecule has 168 valence electrons. The lowest BCUT2D eigenvalue weighted by atomic mass is 10.1. The highest BCUT2D eigenvalue weighted by Crippen LogP contribution is 2.14. The summed E-state index contributed by atoms with van der Waals surface area (Å²) in [5.41, 5.74) is 1.14. The second-order valence-electron chi connectivity index (χ2n) is 8.36. The molecule has 0 bridgehead atoms. The van der Waals surface area contributed by atoms with Gasteiger partial charge in [-0.15, -0.1) is 0 Å². The Labute approximate surface area is 181 Å². The summed E-state index contributed by atoms with van der Waals surface area (Å²) in [6, 6.07) is 8.00. The highest BCUT2D eigenvalue weighted by molar-refractivity contribution is 5.76. The fourth-order valence-corrected chi connectivity index (χ4v) is 4.12. The van der Waals surface area contributed by atoms with Crippen molar-refractivity contribution in [3.8, 4) is 5.75 Å². The van der Waals surface area contributed by atoms with Gasteiger partial charge in [0.1, 0.15) is 18.5 Å². The van der Waals surface area contributed by atoms with E-state index in [1.54, 1.807) is 0 Å². The van der Waals surface area contributed by atoms with E-state index in [0.717, 1.165) is 83.1 Å². The third-order valence-electron chi connectivity index (χ3n) is 6.03. The fourth-order valence-electron chi connectivity index (χ4n) is 4.12. The van der Waals surface area contributed by atoms with Crippen LogP contribution in [0.1, 0.15) is 31.7 Å². The lowest BCUT2D eigenvalue weighted by Gasteiger charge is -2.34. The summed E-state index contributed by atoms with van der Waals surface area (Å²) in [4.78, 5) is 18.5. The summed E-state index contributed by atoms with van der Waals surface area (Å²) in [7, 11) is 0. The third kappa shape index (κ3) is 7.54. The van der Waals surface area contributed by atoms with Gasteiger partial charge in [-0.1, -0.05) is 19.1 Å². The summed E-state index contributed by atoms with van der Waals surface area (Å²) in [6.07, 6.45) is 2.35. The Morgan fingerprint density at radius 2 is 1.93 bits per heavy atom. The van der Waals surface area contributed by atoms with Gasteiger partial charge in [0.25, 0.3) is 0 Å². The molecule has 0 aromatic heterocycles. The first-order valence-electron chi connectivity index (χ1n) is 11.5. The maximum atomic E-state index is 11.8. The third-order valence-corrected chi connectivity index (χ3v) is 6.03. The number of hydrogen-bond donors (Lipinski definition) is 2. The van der Waals surface area contributed by atoms with Crippen molar-refractivity contribution in [3.05, 3.63) is 29.8 Å². The van der Waals surface area contributed by atoms with Gasteiger partial charge in [0, 0.05) is 65.3 Å². The second kappa shape index (κ2) is 12.2. The van der Waals surface area contributed by atoms with Crippen LogP contribution in [0, 0.1) is 0 Å². The predicted octanol–water partition coefficient (Wildman–Crippen LogP) is 1.17. The first kappa shape index (κ1) is 23.0. The van der Waals surface area contributed by atoms with E-state index in [1.165, 1.54) is 0 Å².